The van der Waals surface area contributed by atoms with Crippen molar-refractivity contribution in [2.24, 2.45) is 11.8 Å². The van der Waals surface area contributed by atoms with Crippen LogP contribution in [0.5, 0.6) is 0 Å². The Morgan fingerprint density at radius 1 is 1.11 bits per heavy atom. The van der Waals surface area contributed by atoms with Crippen LogP contribution in [0, 0.1) is 11.8 Å². The molecular weight excluding hydrogens is 242 g/mol. The largest absolute Gasteiger partial charge is 0.481 e. The molecule has 4 heteroatoms. The second-order valence-corrected chi connectivity index (χ2v) is 5.47. The minimum atomic E-state index is -0.870. The Morgan fingerprint density at radius 3 is 2.53 bits per heavy atom. The smallest absolute Gasteiger partial charge is 0.307 e. The molecule has 1 fully saturated rings. The third-order valence-electron chi connectivity index (χ3n) is 4.06. The van der Waals surface area contributed by atoms with E-state index < -0.39 is 11.9 Å². The van der Waals surface area contributed by atoms with Crippen LogP contribution in [0.3, 0.4) is 0 Å². The molecule has 19 heavy (non-hydrogen) atoms. The summed E-state index contributed by atoms with van der Waals surface area (Å²) < 4.78 is 0. The van der Waals surface area contributed by atoms with Gasteiger partial charge in [0.1, 0.15) is 0 Å². The van der Waals surface area contributed by atoms with Crippen LogP contribution < -0.4 is 5.32 Å². The van der Waals surface area contributed by atoms with Crippen LogP contribution in [-0.2, 0) is 22.4 Å². The molecule has 0 aromatic heterocycles. The van der Waals surface area contributed by atoms with Crippen molar-refractivity contribution >= 4 is 17.6 Å². The Labute approximate surface area is 111 Å². The highest BCUT2D eigenvalue weighted by Gasteiger charge is 2.48. The molecule has 2 aliphatic rings. The zero-order valence-corrected chi connectivity index (χ0v) is 10.7. The lowest BCUT2D eigenvalue weighted by Crippen LogP contribution is -2.17. The fourth-order valence-electron chi connectivity index (χ4n) is 2.80. The molecule has 100 valence electrons. The van der Waals surface area contributed by atoms with Crippen molar-refractivity contribution in [1.29, 1.82) is 0 Å². The lowest BCUT2D eigenvalue weighted by atomic mass is 9.91. The van der Waals surface area contributed by atoms with Crippen molar-refractivity contribution in [3.63, 3.8) is 0 Å². The number of carboxylic acid groups (broad SMARTS) is 1. The summed E-state index contributed by atoms with van der Waals surface area (Å²) in [6, 6.07) is 6.02. The highest BCUT2D eigenvalue weighted by molar-refractivity contribution is 5.98. The van der Waals surface area contributed by atoms with Crippen molar-refractivity contribution in [3.05, 3.63) is 29.3 Å². The van der Waals surface area contributed by atoms with E-state index in [2.05, 4.69) is 11.4 Å². The van der Waals surface area contributed by atoms with Gasteiger partial charge in [-0.2, -0.15) is 0 Å². The fraction of sp³-hybridized carbons (Fsp3) is 0.467. The number of aliphatic carboxylic acids is 1. The van der Waals surface area contributed by atoms with Gasteiger partial charge in [0, 0.05) is 5.69 Å². The summed E-state index contributed by atoms with van der Waals surface area (Å²) in [5, 5.41) is 11.7. The van der Waals surface area contributed by atoms with Gasteiger partial charge in [-0.15, -0.1) is 0 Å². The van der Waals surface area contributed by atoms with Gasteiger partial charge in [-0.25, -0.2) is 0 Å². The van der Waals surface area contributed by atoms with Gasteiger partial charge in [0.25, 0.3) is 0 Å². The molecule has 0 saturated heterocycles. The molecule has 0 aliphatic heterocycles. The maximum absolute atomic E-state index is 11.9. The maximum Gasteiger partial charge on any atom is 0.307 e. The van der Waals surface area contributed by atoms with E-state index in [1.807, 2.05) is 12.1 Å². The number of carbonyl (C=O) groups excluding carboxylic acids is 1. The molecule has 1 aromatic carbocycles. The summed E-state index contributed by atoms with van der Waals surface area (Å²) in [5.74, 6) is -1.88. The number of aryl methyl sites for hydroxylation is 2. The van der Waals surface area contributed by atoms with Gasteiger partial charge in [-0.3, -0.25) is 9.59 Å². The van der Waals surface area contributed by atoms with Gasteiger partial charge in [-0.05, 0) is 55.4 Å². The maximum atomic E-state index is 11.9. The molecule has 2 N–H and O–H groups in total. The first-order chi connectivity index (χ1) is 9.15. The number of anilines is 1. The van der Waals surface area contributed by atoms with E-state index in [0.717, 1.165) is 18.5 Å². The number of amides is 1. The number of rotatable bonds is 3. The highest BCUT2D eigenvalue weighted by atomic mass is 16.4. The minimum Gasteiger partial charge on any atom is -0.481 e. The van der Waals surface area contributed by atoms with Crippen LogP contribution in [0.1, 0.15) is 30.4 Å². The topological polar surface area (TPSA) is 66.4 Å². The second kappa shape index (κ2) is 4.68. The Bertz CT molecular complexity index is 538. The normalized spacial score (nSPS) is 24.4. The number of fused-ring (bicyclic) bond motifs is 1. The van der Waals surface area contributed by atoms with Gasteiger partial charge in [0.2, 0.25) is 5.91 Å². The molecular formula is C15H17NO3. The summed E-state index contributed by atoms with van der Waals surface area (Å²) in [6.07, 6.45) is 5.09. The van der Waals surface area contributed by atoms with Crippen molar-refractivity contribution in [3.8, 4) is 0 Å². The van der Waals surface area contributed by atoms with E-state index in [-0.39, 0.29) is 11.8 Å². The standard InChI is InChI=1S/C15H17NO3/c17-14(12-8-13(12)15(18)19)16-11-6-5-9-3-1-2-4-10(9)7-11/h5-7,12-13H,1-4,8H2,(H,16,17)(H,18,19). The van der Waals surface area contributed by atoms with Crippen LogP contribution in [0.15, 0.2) is 18.2 Å². The summed E-state index contributed by atoms with van der Waals surface area (Å²) in [4.78, 5) is 22.6. The molecule has 2 aliphatic carbocycles. The van der Waals surface area contributed by atoms with Crippen LogP contribution in [0.4, 0.5) is 5.69 Å². The quantitative estimate of drug-likeness (QED) is 0.874. The van der Waals surface area contributed by atoms with Crippen LogP contribution >= 0.6 is 0 Å². The molecule has 3 rings (SSSR count). The first kappa shape index (κ1) is 12.2. The van der Waals surface area contributed by atoms with Crippen LogP contribution in [0.2, 0.25) is 0 Å². The zero-order chi connectivity index (χ0) is 13.4. The van der Waals surface area contributed by atoms with Gasteiger partial charge in [-0.1, -0.05) is 6.07 Å². The SMILES string of the molecule is O=C(O)C1CC1C(=O)Nc1ccc2c(c1)CCCC2. The number of benzene rings is 1. The molecule has 4 nitrogen and oxygen atoms in total. The minimum absolute atomic E-state index is 0.164. The number of carbonyl (C=O) groups is 2. The average Bonchev–Trinajstić information content (AvgIpc) is 3.19. The van der Waals surface area contributed by atoms with Crippen LogP contribution in [-0.4, -0.2) is 17.0 Å². The molecule has 0 spiro atoms. The van der Waals surface area contributed by atoms with E-state index in [4.69, 9.17) is 5.11 Å². The van der Waals surface area contributed by atoms with E-state index >= 15 is 0 Å². The Morgan fingerprint density at radius 2 is 1.84 bits per heavy atom. The number of carboxylic acids is 1. The molecule has 1 amide bonds. The summed E-state index contributed by atoms with van der Waals surface area (Å²) in [6.45, 7) is 0. The third kappa shape index (κ3) is 2.48. The van der Waals surface area contributed by atoms with E-state index in [0.29, 0.717) is 6.42 Å². The lowest BCUT2D eigenvalue weighted by Gasteiger charge is -2.16. The first-order valence-electron chi connectivity index (χ1n) is 6.80. The van der Waals surface area contributed by atoms with E-state index in [1.165, 1.54) is 24.0 Å². The van der Waals surface area contributed by atoms with Gasteiger partial charge in [0.05, 0.1) is 11.8 Å². The number of hydrogen-bond donors (Lipinski definition) is 2. The van der Waals surface area contributed by atoms with E-state index in [9.17, 15) is 9.59 Å². The fourth-order valence-corrected chi connectivity index (χ4v) is 2.80. The first-order valence-corrected chi connectivity index (χ1v) is 6.80. The Kier molecular flexibility index (Phi) is 3.01. The van der Waals surface area contributed by atoms with Gasteiger partial charge < -0.3 is 10.4 Å². The van der Waals surface area contributed by atoms with E-state index in [1.54, 1.807) is 0 Å². The van der Waals surface area contributed by atoms with Crippen molar-refractivity contribution in [1.82, 2.24) is 0 Å². The molecule has 2 unspecified atom stereocenters. The highest BCUT2D eigenvalue weighted by Crippen LogP contribution is 2.39. The molecule has 0 bridgehead atoms. The lowest BCUT2D eigenvalue weighted by molar-refractivity contribution is -0.139. The molecule has 0 radical (unpaired) electrons. The number of nitrogens with one attached hydrogen (secondary N) is 1. The van der Waals surface area contributed by atoms with Gasteiger partial charge in [0.15, 0.2) is 0 Å². The van der Waals surface area contributed by atoms with Crippen molar-refractivity contribution in [2.75, 3.05) is 5.32 Å². The van der Waals surface area contributed by atoms with Crippen molar-refractivity contribution in [2.45, 2.75) is 32.1 Å². The summed E-state index contributed by atoms with van der Waals surface area (Å²) in [5.41, 5.74) is 3.48. The predicted octanol–water partition coefficient (Wildman–Crippen LogP) is 2.22. The molecule has 1 aromatic rings. The van der Waals surface area contributed by atoms with Crippen LogP contribution in [0.25, 0.3) is 0 Å². The second-order valence-electron chi connectivity index (χ2n) is 5.47. The molecule has 0 heterocycles. The third-order valence-corrected chi connectivity index (χ3v) is 4.06. The predicted molar refractivity (Wildman–Crippen MR) is 70.9 cm³/mol. The van der Waals surface area contributed by atoms with Crippen molar-refractivity contribution < 1.29 is 14.7 Å². The average molecular weight is 259 g/mol. The summed E-state index contributed by atoms with van der Waals surface area (Å²) >= 11 is 0. The van der Waals surface area contributed by atoms with Gasteiger partial charge >= 0.3 is 5.97 Å². The zero-order valence-electron chi connectivity index (χ0n) is 10.7. The molecule has 2 atom stereocenters. The number of hydrogen-bond acceptors (Lipinski definition) is 2. The Balaban J connectivity index is 1.67. The summed E-state index contributed by atoms with van der Waals surface area (Å²) in [7, 11) is 0. The monoisotopic (exact) mass is 259 g/mol. The molecule has 1 saturated carbocycles. The Hall–Kier alpha value is -1.84.